The number of H-pyrrole nitrogens is 2. The van der Waals surface area contributed by atoms with Gasteiger partial charge in [-0.3, -0.25) is 0 Å². The summed E-state index contributed by atoms with van der Waals surface area (Å²) in [7, 11) is 0. The Balaban J connectivity index is 2.62. The van der Waals surface area contributed by atoms with E-state index in [2.05, 4.69) is 57.2 Å². The number of rotatable bonds is 3. The molecule has 0 atom stereocenters. The lowest BCUT2D eigenvalue weighted by Gasteiger charge is -1.96. The van der Waals surface area contributed by atoms with Crippen LogP contribution in [0.3, 0.4) is 0 Å². The summed E-state index contributed by atoms with van der Waals surface area (Å²) in [6.07, 6.45) is 4.31. The maximum absolute atomic E-state index is 4.09. The van der Waals surface area contributed by atoms with E-state index in [1.54, 1.807) is 0 Å². The number of aryl methyl sites for hydroxylation is 1. The summed E-state index contributed by atoms with van der Waals surface area (Å²) in [5, 5.41) is 2.22. The second-order valence-corrected chi connectivity index (χ2v) is 5.24. The Labute approximate surface area is 115 Å². The largest absolute Gasteiger partial charge is 0.359 e. The molecule has 0 bridgehead atoms. The Morgan fingerprint density at radius 1 is 0.947 bits per heavy atom. The van der Waals surface area contributed by atoms with E-state index in [-0.39, 0.29) is 0 Å². The Morgan fingerprint density at radius 2 is 1.58 bits per heavy atom. The average Bonchev–Trinajstić information content (AvgIpc) is 2.78. The van der Waals surface area contributed by atoms with Gasteiger partial charge in [0.15, 0.2) is 0 Å². The van der Waals surface area contributed by atoms with Crippen molar-refractivity contribution in [1.82, 2.24) is 9.97 Å². The number of aromatic nitrogens is 2. The molecular formula is C17H24N2. The lowest BCUT2D eigenvalue weighted by Crippen LogP contribution is -2.10. The van der Waals surface area contributed by atoms with Crippen LogP contribution in [-0.2, 0) is 12.8 Å². The third-order valence-electron chi connectivity index (χ3n) is 4.13. The van der Waals surface area contributed by atoms with Crippen molar-refractivity contribution in [3.8, 4) is 0 Å². The Kier molecular flexibility index (Phi) is 3.70. The van der Waals surface area contributed by atoms with Gasteiger partial charge in [0.25, 0.3) is 0 Å². The first-order valence-corrected chi connectivity index (χ1v) is 7.05. The summed E-state index contributed by atoms with van der Waals surface area (Å²) in [5.41, 5.74) is 7.93. The van der Waals surface area contributed by atoms with Crippen molar-refractivity contribution in [1.29, 1.82) is 0 Å². The second-order valence-electron chi connectivity index (χ2n) is 5.24. The van der Waals surface area contributed by atoms with E-state index in [9.17, 15) is 0 Å². The molecule has 2 rings (SSSR count). The van der Waals surface area contributed by atoms with Crippen LogP contribution in [0, 0.1) is 20.8 Å². The molecule has 0 aliphatic carbocycles. The van der Waals surface area contributed by atoms with Crippen LogP contribution in [0.25, 0.3) is 12.7 Å². The highest BCUT2D eigenvalue weighted by Crippen LogP contribution is 2.18. The van der Waals surface area contributed by atoms with Crippen molar-refractivity contribution in [3.05, 3.63) is 44.3 Å². The predicted molar refractivity (Wildman–Crippen MR) is 82.9 cm³/mol. The molecule has 0 saturated carbocycles. The molecular weight excluding hydrogens is 232 g/mol. The highest BCUT2D eigenvalue weighted by atomic mass is 14.7. The molecule has 2 heterocycles. The minimum Gasteiger partial charge on any atom is -0.359 e. The molecule has 2 aromatic rings. The Morgan fingerprint density at radius 3 is 2.05 bits per heavy atom. The van der Waals surface area contributed by atoms with Gasteiger partial charge in [0.2, 0.25) is 0 Å². The van der Waals surface area contributed by atoms with Gasteiger partial charge in [-0.1, -0.05) is 20.4 Å². The molecule has 0 fully saturated rings. The summed E-state index contributed by atoms with van der Waals surface area (Å²) in [6.45, 7) is 15.0. The zero-order chi connectivity index (χ0) is 14.2. The number of aromatic amines is 2. The van der Waals surface area contributed by atoms with Crippen LogP contribution in [0.5, 0.6) is 0 Å². The van der Waals surface area contributed by atoms with Crippen molar-refractivity contribution >= 4 is 12.7 Å². The molecule has 2 N–H and O–H groups in total. The Bertz CT molecular complexity index is 699. The van der Waals surface area contributed by atoms with E-state index < -0.39 is 0 Å². The maximum atomic E-state index is 4.09. The van der Waals surface area contributed by atoms with Crippen LogP contribution in [-0.4, -0.2) is 9.97 Å². The molecule has 0 aromatic carbocycles. The molecule has 0 aliphatic heterocycles. The first kappa shape index (κ1) is 13.7. The van der Waals surface area contributed by atoms with Crippen LogP contribution in [0.1, 0.15) is 47.5 Å². The molecule has 0 aliphatic rings. The predicted octanol–water partition coefficient (Wildman–Crippen LogP) is 2.63. The van der Waals surface area contributed by atoms with Crippen molar-refractivity contribution in [2.45, 2.75) is 47.5 Å². The Hall–Kier alpha value is -1.70. The maximum Gasteiger partial charge on any atom is 0.0438 e. The molecule has 0 radical (unpaired) electrons. The number of hydrogen-bond acceptors (Lipinski definition) is 0. The van der Waals surface area contributed by atoms with Gasteiger partial charge in [-0.15, -0.1) is 0 Å². The van der Waals surface area contributed by atoms with Crippen molar-refractivity contribution in [2.24, 2.45) is 0 Å². The van der Waals surface area contributed by atoms with Crippen LogP contribution >= 0.6 is 0 Å². The lowest BCUT2D eigenvalue weighted by molar-refractivity contribution is 1.08. The third kappa shape index (κ3) is 2.27. The minimum absolute atomic E-state index is 1.03. The van der Waals surface area contributed by atoms with Gasteiger partial charge in [0, 0.05) is 22.1 Å². The summed E-state index contributed by atoms with van der Waals surface area (Å²) in [6, 6.07) is 0. The van der Waals surface area contributed by atoms with Crippen LogP contribution in [0.4, 0.5) is 0 Å². The quantitative estimate of drug-likeness (QED) is 0.846. The van der Waals surface area contributed by atoms with Gasteiger partial charge in [-0.25, -0.2) is 0 Å². The third-order valence-corrected chi connectivity index (χ3v) is 4.13. The highest BCUT2D eigenvalue weighted by Gasteiger charge is 2.08. The monoisotopic (exact) mass is 256 g/mol. The zero-order valence-electron chi connectivity index (χ0n) is 12.7. The molecule has 2 nitrogen and oxygen atoms in total. The van der Waals surface area contributed by atoms with Crippen molar-refractivity contribution in [2.75, 3.05) is 0 Å². The van der Waals surface area contributed by atoms with Crippen LogP contribution in [0.2, 0.25) is 0 Å². The van der Waals surface area contributed by atoms with E-state index in [1.807, 2.05) is 0 Å². The summed E-state index contributed by atoms with van der Waals surface area (Å²) < 4.78 is 0. The van der Waals surface area contributed by atoms with E-state index >= 15 is 0 Å². The zero-order valence-corrected chi connectivity index (χ0v) is 12.7. The molecule has 0 amide bonds. The van der Waals surface area contributed by atoms with Crippen LogP contribution in [0.15, 0.2) is 0 Å². The van der Waals surface area contributed by atoms with Gasteiger partial charge >= 0.3 is 0 Å². The fourth-order valence-corrected chi connectivity index (χ4v) is 2.98. The number of nitrogens with one attached hydrogen (secondary N) is 2. The lowest BCUT2D eigenvalue weighted by atomic mass is 10.1. The summed E-state index contributed by atoms with van der Waals surface area (Å²) in [5.74, 6) is 0. The van der Waals surface area contributed by atoms with E-state index in [4.69, 9.17) is 0 Å². The highest BCUT2D eigenvalue weighted by molar-refractivity contribution is 5.54. The van der Waals surface area contributed by atoms with Gasteiger partial charge in [-0.2, -0.15) is 0 Å². The van der Waals surface area contributed by atoms with Crippen molar-refractivity contribution in [3.63, 3.8) is 0 Å². The molecule has 2 heteroatoms. The first-order valence-electron chi connectivity index (χ1n) is 7.05. The SMILES string of the molecule is C=c1[nH]c(=Cc2[nH]c(C)c(CC)c2C)c(C)c1CC. The van der Waals surface area contributed by atoms with Gasteiger partial charge < -0.3 is 9.97 Å². The molecule has 0 unspecified atom stereocenters. The van der Waals surface area contributed by atoms with E-state index in [0.29, 0.717) is 0 Å². The molecule has 0 saturated heterocycles. The topological polar surface area (TPSA) is 31.6 Å². The summed E-state index contributed by atoms with van der Waals surface area (Å²) >= 11 is 0. The molecule has 102 valence electrons. The van der Waals surface area contributed by atoms with E-state index in [0.717, 1.165) is 18.2 Å². The van der Waals surface area contributed by atoms with Crippen LogP contribution < -0.4 is 10.7 Å². The summed E-state index contributed by atoms with van der Waals surface area (Å²) in [4.78, 5) is 6.89. The van der Waals surface area contributed by atoms with Gasteiger partial charge in [0.1, 0.15) is 0 Å². The van der Waals surface area contributed by atoms with Gasteiger partial charge in [-0.05, 0) is 61.9 Å². The smallest absolute Gasteiger partial charge is 0.0438 e. The fraction of sp³-hybridized carbons (Fsp3) is 0.412. The van der Waals surface area contributed by atoms with E-state index in [1.165, 1.54) is 39.0 Å². The first-order chi connectivity index (χ1) is 8.99. The normalized spacial score (nSPS) is 12.4. The molecule has 19 heavy (non-hydrogen) atoms. The minimum atomic E-state index is 1.03. The molecule has 2 aromatic heterocycles. The number of hydrogen-bond donors (Lipinski definition) is 2. The van der Waals surface area contributed by atoms with Crippen molar-refractivity contribution < 1.29 is 0 Å². The standard InChI is InChI=1S/C17H24N2/c1-7-14-10(3)16(18-12(14)5)9-17-11(4)15(8-2)13(6)19-17/h9,18-19H,5,7-8H2,1-4,6H3. The fourth-order valence-electron chi connectivity index (χ4n) is 2.98. The average molecular weight is 256 g/mol. The molecule has 0 spiro atoms. The second kappa shape index (κ2) is 5.12. The van der Waals surface area contributed by atoms with Gasteiger partial charge in [0.05, 0.1) is 0 Å².